The third kappa shape index (κ3) is 2.65. The van der Waals surface area contributed by atoms with Crippen molar-refractivity contribution in [3.05, 3.63) is 42.1 Å². The van der Waals surface area contributed by atoms with Gasteiger partial charge in [-0.25, -0.2) is 0 Å². The molecule has 1 heterocycles. The van der Waals surface area contributed by atoms with Gasteiger partial charge in [0.05, 0.1) is 0 Å². The van der Waals surface area contributed by atoms with Crippen LogP contribution in [0.3, 0.4) is 0 Å². The summed E-state index contributed by atoms with van der Waals surface area (Å²) in [6.07, 6.45) is 10.7. The minimum Gasteiger partial charge on any atom is -0.373 e. The van der Waals surface area contributed by atoms with E-state index in [1.807, 2.05) is 6.08 Å². The lowest BCUT2D eigenvalue weighted by molar-refractivity contribution is 0.772. The van der Waals surface area contributed by atoms with E-state index in [0.29, 0.717) is 23.0 Å². The lowest BCUT2D eigenvalue weighted by Gasteiger charge is -2.44. The number of rotatable bonds is 6. The van der Waals surface area contributed by atoms with Crippen LogP contribution in [0.15, 0.2) is 31.0 Å². The van der Waals surface area contributed by atoms with Gasteiger partial charge in [-0.05, 0) is 33.8 Å². The molecule has 0 aliphatic carbocycles. The monoisotopic (exact) mass is 337 g/mol. The topological polar surface area (TPSA) is 4.93 Å². The number of hydrogen-bond donors (Lipinski definition) is 0. The highest BCUT2D eigenvalue weighted by atomic mass is 28.3. The predicted octanol–water partition coefficient (Wildman–Crippen LogP) is 6.48. The Morgan fingerprint density at radius 2 is 1.71 bits per heavy atom. The van der Waals surface area contributed by atoms with Gasteiger partial charge < -0.3 is 4.23 Å². The van der Waals surface area contributed by atoms with Crippen LogP contribution in [-0.2, 0) is 6.42 Å². The fraction of sp³-hybridized carbons (Fsp3) is 0.455. The number of hydrogen-bond acceptors (Lipinski definition) is 0. The van der Waals surface area contributed by atoms with Crippen molar-refractivity contribution in [2.45, 2.75) is 64.6 Å². The van der Waals surface area contributed by atoms with Crippen LogP contribution in [0, 0.1) is 12.3 Å². The summed E-state index contributed by atoms with van der Waals surface area (Å²) in [5, 5.41) is 1.30. The van der Waals surface area contributed by atoms with Crippen LogP contribution in [0.1, 0.15) is 52.7 Å². The molecule has 0 atom stereocenters. The second kappa shape index (κ2) is 7.03. The lowest BCUT2D eigenvalue weighted by Crippen LogP contribution is -2.51. The van der Waals surface area contributed by atoms with Gasteiger partial charge in [0.25, 0.3) is 0 Å². The SMILES string of the molecule is C#CCc1cn([Si](C(C)C)(C(C)C)C(C)C)c2cccc(C=C)c12. The molecule has 0 spiro atoms. The third-order valence-corrected chi connectivity index (χ3v) is 12.4. The molecule has 0 saturated carbocycles. The smallest absolute Gasteiger partial charge is 0.169 e. The molecule has 1 aromatic heterocycles. The number of nitrogens with zero attached hydrogens (tertiary/aromatic N) is 1. The molecule has 0 aliphatic rings. The zero-order chi connectivity index (χ0) is 18.1. The largest absolute Gasteiger partial charge is 0.373 e. The first-order valence-corrected chi connectivity index (χ1v) is 11.2. The zero-order valence-corrected chi connectivity index (χ0v) is 17.1. The summed E-state index contributed by atoms with van der Waals surface area (Å²) in [5.74, 6) is 2.85. The number of benzene rings is 1. The van der Waals surface area contributed by atoms with Crippen LogP contribution in [-0.4, -0.2) is 12.5 Å². The number of terminal acetylenes is 1. The van der Waals surface area contributed by atoms with Crippen molar-refractivity contribution >= 4 is 25.2 Å². The molecule has 2 aromatic rings. The van der Waals surface area contributed by atoms with Crippen LogP contribution >= 0.6 is 0 Å². The van der Waals surface area contributed by atoms with E-state index in [0.717, 1.165) is 0 Å². The van der Waals surface area contributed by atoms with E-state index >= 15 is 0 Å². The zero-order valence-electron chi connectivity index (χ0n) is 16.1. The van der Waals surface area contributed by atoms with Gasteiger partial charge in [-0.2, -0.15) is 0 Å². The Balaban J connectivity index is 2.95. The summed E-state index contributed by atoms with van der Waals surface area (Å²) >= 11 is 0. The fourth-order valence-corrected chi connectivity index (χ4v) is 11.6. The average molecular weight is 338 g/mol. The van der Waals surface area contributed by atoms with Gasteiger partial charge in [-0.1, -0.05) is 66.3 Å². The summed E-state index contributed by atoms with van der Waals surface area (Å²) in [6.45, 7) is 18.4. The van der Waals surface area contributed by atoms with Crippen LogP contribution in [0.4, 0.5) is 0 Å². The molecule has 1 aromatic carbocycles. The van der Waals surface area contributed by atoms with Crippen molar-refractivity contribution in [1.82, 2.24) is 4.23 Å². The molecule has 0 unspecified atom stereocenters. The Bertz CT molecular complexity index is 749. The predicted molar refractivity (Wildman–Crippen MR) is 111 cm³/mol. The van der Waals surface area contributed by atoms with E-state index in [9.17, 15) is 0 Å². The average Bonchev–Trinajstić information content (AvgIpc) is 2.86. The van der Waals surface area contributed by atoms with E-state index < -0.39 is 8.24 Å². The van der Waals surface area contributed by atoms with Gasteiger partial charge in [0.15, 0.2) is 8.24 Å². The molecule has 0 bridgehead atoms. The summed E-state index contributed by atoms with van der Waals surface area (Å²) in [5.41, 5.74) is 5.75. The normalized spacial score (nSPS) is 12.3. The molecule has 2 rings (SSSR count). The standard InChI is InChI=1S/C22H31NSi/c1-9-12-20-15-23(21-14-11-13-19(10-2)22(20)21)24(16(3)4,17(5)6)18(7)8/h1,10-11,13-18H,2,12H2,3-8H3. The first-order valence-electron chi connectivity index (χ1n) is 9.01. The van der Waals surface area contributed by atoms with E-state index in [1.165, 1.54) is 22.0 Å². The van der Waals surface area contributed by atoms with Crippen molar-refractivity contribution in [2.75, 3.05) is 0 Å². The van der Waals surface area contributed by atoms with Gasteiger partial charge in [-0.15, -0.1) is 12.3 Å². The minimum atomic E-state index is -1.80. The van der Waals surface area contributed by atoms with Crippen LogP contribution < -0.4 is 0 Å². The van der Waals surface area contributed by atoms with Crippen LogP contribution in [0.2, 0.25) is 16.6 Å². The van der Waals surface area contributed by atoms with E-state index in [-0.39, 0.29) is 0 Å². The van der Waals surface area contributed by atoms with Crippen LogP contribution in [0.25, 0.3) is 17.0 Å². The molecule has 0 amide bonds. The Morgan fingerprint density at radius 1 is 1.12 bits per heavy atom. The maximum Gasteiger partial charge on any atom is 0.169 e. The van der Waals surface area contributed by atoms with Crippen molar-refractivity contribution < 1.29 is 0 Å². The molecule has 0 fully saturated rings. The molecule has 128 valence electrons. The Morgan fingerprint density at radius 3 is 2.17 bits per heavy atom. The summed E-state index contributed by atoms with van der Waals surface area (Å²) < 4.78 is 2.65. The molecule has 2 heteroatoms. The maximum atomic E-state index is 5.67. The van der Waals surface area contributed by atoms with Crippen molar-refractivity contribution in [3.63, 3.8) is 0 Å². The lowest BCUT2D eigenvalue weighted by atomic mass is 10.0. The van der Waals surface area contributed by atoms with Crippen molar-refractivity contribution in [1.29, 1.82) is 0 Å². The van der Waals surface area contributed by atoms with Crippen molar-refractivity contribution in [2.24, 2.45) is 0 Å². The Kier molecular flexibility index (Phi) is 5.45. The van der Waals surface area contributed by atoms with E-state index in [2.05, 4.69) is 82.7 Å². The highest BCUT2D eigenvalue weighted by molar-refractivity contribution is 6.82. The Labute approximate surface area is 148 Å². The molecule has 1 nitrogen and oxygen atoms in total. The van der Waals surface area contributed by atoms with E-state index in [1.54, 1.807) is 0 Å². The van der Waals surface area contributed by atoms with Crippen LogP contribution in [0.5, 0.6) is 0 Å². The quantitative estimate of drug-likeness (QED) is 0.420. The summed E-state index contributed by atoms with van der Waals surface area (Å²) in [4.78, 5) is 0. The first kappa shape index (κ1) is 18.6. The molecule has 0 aliphatic heterocycles. The summed E-state index contributed by atoms with van der Waals surface area (Å²) in [6, 6.07) is 6.55. The first-order chi connectivity index (χ1) is 11.3. The number of fused-ring (bicyclic) bond motifs is 1. The van der Waals surface area contributed by atoms with Gasteiger partial charge in [0.1, 0.15) is 0 Å². The van der Waals surface area contributed by atoms with Gasteiger partial charge >= 0.3 is 0 Å². The third-order valence-electron chi connectivity index (χ3n) is 5.64. The molecule has 0 saturated heterocycles. The Hall–Kier alpha value is -1.72. The van der Waals surface area contributed by atoms with Gasteiger partial charge in [0, 0.05) is 23.5 Å². The second-order valence-corrected chi connectivity index (χ2v) is 13.4. The minimum absolute atomic E-state index is 0.652. The maximum absolute atomic E-state index is 5.67. The fourth-order valence-electron chi connectivity index (χ4n) is 4.97. The van der Waals surface area contributed by atoms with Gasteiger partial charge in [0.2, 0.25) is 0 Å². The molecular weight excluding hydrogens is 306 g/mol. The van der Waals surface area contributed by atoms with Crippen molar-refractivity contribution in [3.8, 4) is 12.3 Å². The highest BCUT2D eigenvalue weighted by Gasteiger charge is 2.46. The van der Waals surface area contributed by atoms with E-state index in [4.69, 9.17) is 6.42 Å². The second-order valence-electron chi connectivity index (χ2n) is 7.70. The molecule has 0 radical (unpaired) electrons. The molecule has 0 N–H and O–H groups in total. The highest BCUT2D eigenvalue weighted by Crippen LogP contribution is 2.45. The van der Waals surface area contributed by atoms with Gasteiger partial charge in [-0.3, -0.25) is 0 Å². The molecular formula is C22H31NSi. The number of aromatic nitrogens is 1. The molecule has 24 heavy (non-hydrogen) atoms. The summed E-state index contributed by atoms with van der Waals surface area (Å²) in [7, 11) is -1.80.